The molecule has 0 atom stereocenters. The van der Waals surface area contributed by atoms with Crippen LogP contribution in [0.5, 0.6) is 5.75 Å². The Hall–Kier alpha value is -3.41. The van der Waals surface area contributed by atoms with Crippen LogP contribution >= 0.6 is 22.9 Å². The zero-order valence-corrected chi connectivity index (χ0v) is 18.9. The van der Waals surface area contributed by atoms with Gasteiger partial charge in [0, 0.05) is 21.4 Å². The quantitative estimate of drug-likeness (QED) is 0.274. The first-order valence-electron chi connectivity index (χ1n) is 10.2. The third-order valence-electron chi connectivity index (χ3n) is 4.90. The first-order valence-corrected chi connectivity index (χ1v) is 11.5. The van der Waals surface area contributed by atoms with Crippen molar-refractivity contribution in [1.29, 1.82) is 0 Å². The second-order valence-corrected chi connectivity index (χ2v) is 8.36. The van der Waals surface area contributed by atoms with Crippen LogP contribution in [0.1, 0.15) is 6.92 Å². The molecular weight excluding hydrogens is 440 g/mol. The molecule has 0 N–H and O–H groups in total. The van der Waals surface area contributed by atoms with Gasteiger partial charge in [-0.15, -0.1) is 11.3 Å². The molecule has 4 nitrogen and oxygen atoms in total. The van der Waals surface area contributed by atoms with Gasteiger partial charge in [0.1, 0.15) is 5.01 Å². The van der Waals surface area contributed by atoms with Crippen LogP contribution in [0.2, 0.25) is 5.02 Å². The van der Waals surface area contributed by atoms with Crippen molar-refractivity contribution >= 4 is 39.6 Å². The molecule has 0 fully saturated rings. The number of hydrogen-bond donors (Lipinski definition) is 0. The molecule has 0 bridgehead atoms. The molecule has 0 aliphatic rings. The Morgan fingerprint density at radius 2 is 1.81 bits per heavy atom. The van der Waals surface area contributed by atoms with Crippen molar-refractivity contribution in [2.24, 2.45) is 4.99 Å². The highest BCUT2D eigenvalue weighted by Crippen LogP contribution is 2.32. The zero-order valence-electron chi connectivity index (χ0n) is 17.3. The Bertz CT molecular complexity index is 1440. The van der Waals surface area contributed by atoms with E-state index in [1.54, 1.807) is 11.3 Å². The fraction of sp³-hybridized carbons (Fsp3) is 0.0769. The van der Waals surface area contributed by atoms with Crippen LogP contribution < -0.4 is 10.3 Å². The highest BCUT2D eigenvalue weighted by atomic mass is 35.5. The average molecular weight is 459 g/mol. The summed E-state index contributed by atoms with van der Waals surface area (Å²) >= 11 is 7.59. The predicted molar refractivity (Wildman–Crippen MR) is 131 cm³/mol. The maximum atomic E-state index is 6.32. The highest BCUT2D eigenvalue weighted by Gasteiger charge is 2.14. The van der Waals surface area contributed by atoms with Gasteiger partial charge in [0.05, 0.1) is 23.6 Å². The van der Waals surface area contributed by atoms with Crippen molar-refractivity contribution in [2.45, 2.75) is 6.92 Å². The summed E-state index contributed by atoms with van der Waals surface area (Å²) < 4.78 is 12.1. The normalized spacial score (nSPS) is 11.8. The minimum Gasteiger partial charge on any atom is -0.490 e. The Labute approximate surface area is 194 Å². The maximum Gasteiger partial charge on any atom is 0.230 e. The highest BCUT2D eigenvalue weighted by molar-refractivity contribution is 7.13. The standard InChI is InChI=1S/C26H19ClN2O2S/c1-2-30-23-10-6-7-18-15-21(25(31-24(18)23)28-20-8-4-3-5-9-20)26-29-22(16-32-26)17-11-13-19(27)14-12-17/h3-16H,2H2,1H3. The molecule has 2 heterocycles. The van der Waals surface area contributed by atoms with E-state index in [9.17, 15) is 0 Å². The lowest BCUT2D eigenvalue weighted by molar-refractivity contribution is 0.337. The number of fused-ring (bicyclic) bond motifs is 1. The van der Waals surface area contributed by atoms with Gasteiger partial charge in [0.2, 0.25) is 5.55 Å². The van der Waals surface area contributed by atoms with Crippen molar-refractivity contribution in [3.05, 3.63) is 94.8 Å². The van der Waals surface area contributed by atoms with Gasteiger partial charge in [0.15, 0.2) is 11.3 Å². The van der Waals surface area contributed by atoms with Crippen LogP contribution in [-0.2, 0) is 0 Å². The SMILES string of the molecule is CCOc1cccc2cc(-c3nc(-c4ccc(Cl)cc4)cs3)c(=Nc3ccccc3)oc12. The molecule has 158 valence electrons. The van der Waals surface area contributed by atoms with E-state index in [0.717, 1.165) is 32.9 Å². The van der Waals surface area contributed by atoms with E-state index in [1.165, 1.54) is 0 Å². The number of rotatable bonds is 5. The number of thiazole rings is 1. The van der Waals surface area contributed by atoms with Gasteiger partial charge in [-0.2, -0.15) is 0 Å². The van der Waals surface area contributed by atoms with Gasteiger partial charge in [-0.05, 0) is 43.3 Å². The van der Waals surface area contributed by atoms with Crippen molar-refractivity contribution in [2.75, 3.05) is 6.61 Å². The first kappa shape index (κ1) is 20.5. The fourth-order valence-corrected chi connectivity index (χ4v) is 4.36. The predicted octanol–water partition coefficient (Wildman–Crippen LogP) is 7.51. The van der Waals surface area contributed by atoms with E-state index < -0.39 is 0 Å². The number of para-hydroxylation sites is 2. The number of halogens is 1. The van der Waals surface area contributed by atoms with Gasteiger partial charge in [0.25, 0.3) is 0 Å². The summed E-state index contributed by atoms with van der Waals surface area (Å²) in [7, 11) is 0. The van der Waals surface area contributed by atoms with Crippen molar-refractivity contribution in [3.63, 3.8) is 0 Å². The number of aromatic nitrogens is 1. The molecule has 6 heteroatoms. The Kier molecular flexibility index (Phi) is 5.75. The monoisotopic (exact) mass is 458 g/mol. The van der Waals surface area contributed by atoms with Gasteiger partial charge in [-0.3, -0.25) is 0 Å². The lowest BCUT2D eigenvalue weighted by Gasteiger charge is -2.08. The number of nitrogens with zero attached hydrogens (tertiary/aromatic N) is 2. The number of hydrogen-bond acceptors (Lipinski definition) is 5. The Morgan fingerprint density at radius 3 is 2.59 bits per heavy atom. The zero-order chi connectivity index (χ0) is 21.9. The van der Waals surface area contributed by atoms with Crippen molar-refractivity contribution in [3.8, 4) is 27.6 Å². The molecule has 0 saturated heterocycles. The second-order valence-electron chi connectivity index (χ2n) is 7.06. The lowest BCUT2D eigenvalue weighted by Crippen LogP contribution is -2.06. The van der Waals surface area contributed by atoms with Crippen molar-refractivity contribution < 1.29 is 9.15 Å². The Morgan fingerprint density at radius 1 is 1.00 bits per heavy atom. The van der Waals surface area contributed by atoms with E-state index >= 15 is 0 Å². The summed E-state index contributed by atoms with van der Waals surface area (Å²) in [5.41, 5.74) is 4.70. The largest absolute Gasteiger partial charge is 0.490 e. The summed E-state index contributed by atoms with van der Waals surface area (Å²) in [6.45, 7) is 2.51. The van der Waals surface area contributed by atoms with Gasteiger partial charge >= 0.3 is 0 Å². The lowest BCUT2D eigenvalue weighted by atomic mass is 10.1. The van der Waals surface area contributed by atoms with Gasteiger partial charge in [-0.1, -0.05) is 54.1 Å². The van der Waals surface area contributed by atoms with E-state index in [1.807, 2.05) is 85.1 Å². The molecule has 0 radical (unpaired) electrons. The van der Waals surface area contributed by atoms with E-state index in [2.05, 4.69) is 6.07 Å². The molecule has 0 aliphatic carbocycles. The molecule has 2 aromatic heterocycles. The Balaban J connectivity index is 1.70. The van der Waals surface area contributed by atoms with Gasteiger partial charge in [-0.25, -0.2) is 9.98 Å². The summed E-state index contributed by atoms with van der Waals surface area (Å²) in [6.07, 6.45) is 0. The summed E-state index contributed by atoms with van der Waals surface area (Å²) in [4.78, 5) is 9.66. The van der Waals surface area contributed by atoms with Crippen LogP contribution in [-0.4, -0.2) is 11.6 Å². The third-order valence-corrected chi connectivity index (χ3v) is 6.03. The molecule has 32 heavy (non-hydrogen) atoms. The minimum absolute atomic E-state index is 0.493. The fourth-order valence-electron chi connectivity index (χ4n) is 3.40. The van der Waals surface area contributed by atoms with E-state index in [4.69, 9.17) is 30.7 Å². The molecule has 0 spiro atoms. The molecule has 3 aromatic carbocycles. The van der Waals surface area contributed by atoms with E-state index in [-0.39, 0.29) is 0 Å². The van der Waals surface area contributed by atoms with E-state index in [0.29, 0.717) is 28.5 Å². The molecular formula is C26H19ClN2O2S. The van der Waals surface area contributed by atoms with Crippen LogP contribution in [0.4, 0.5) is 5.69 Å². The van der Waals surface area contributed by atoms with Crippen LogP contribution in [0.3, 0.4) is 0 Å². The molecule has 0 unspecified atom stereocenters. The van der Waals surface area contributed by atoms with Crippen molar-refractivity contribution in [1.82, 2.24) is 4.98 Å². The number of benzene rings is 3. The molecule has 5 rings (SSSR count). The number of ether oxygens (including phenoxy) is 1. The summed E-state index contributed by atoms with van der Waals surface area (Å²) in [6, 6.07) is 25.4. The molecule has 0 saturated carbocycles. The van der Waals surface area contributed by atoms with Crippen LogP contribution in [0.25, 0.3) is 32.8 Å². The smallest absolute Gasteiger partial charge is 0.230 e. The second kappa shape index (κ2) is 8.99. The summed E-state index contributed by atoms with van der Waals surface area (Å²) in [5, 5.41) is 4.50. The summed E-state index contributed by atoms with van der Waals surface area (Å²) in [5.74, 6) is 0.696. The minimum atomic E-state index is 0.493. The van der Waals surface area contributed by atoms with Gasteiger partial charge < -0.3 is 9.15 Å². The third kappa shape index (κ3) is 4.17. The topological polar surface area (TPSA) is 47.6 Å². The first-order chi connectivity index (χ1) is 15.7. The molecule has 0 aliphatic heterocycles. The maximum absolute atomic E-state index is 6.32. The van der Waals surface area contributed by atoms with Crippen LogP contribution in [0, 0.1) is 0 Å². The average Bonchev–Trinajstić information content (AvgIpc) is 3.30. The van der Waals surface area contributed by atoms with Crippen LogP contribution in [0.15, 0.2) is 93.7 Å². The molecule has 5 aromatic rings. The molecule has 0 amide bonds.